The Labute approximate surface area is 112 Å². The van der Waals surface area contributed by atoms with Gasteiger partial charge in [-0.25, -0.2) is 4.79 Å². The van der Waals surface area contributed by atoms with Crippen LogP contribution in [0.1, 0.15) is 10.4 Å². The molecule has 18 heavy (non-hydrogen) atoms. The van der Waals surface area contributed by atoms with Crippen LogP contribution in [0.15, 0.2) is 17.5 Å². The summed E-state index contributed by atoms with van der Waals surface area (Å²) in [5.74, 6) is 0.553. The first-order chi connectivity index (χ1) is 8.65. The molecule has 6 heteroatoms. The van der Waals surface area contributed by atoms with E-state index in [1.807, 2.05) is 11.4 Å². The highest BCUT2D eigenvalue weighted by atomic mass is 32.2. The van der Waals surface area contributed by atoms with E-state index in [9.17, 15) is 9.00 Å². The standard InChI is InChI=1S/C12H15NO3S2/c14-12(15)2-1-10-3-6-17-11(10)9-13-4-7-18(16)8-5-13/h1-3,6H,4-5,7-9H2,(H,14,15). The quantitative estimate of drug-likeness (QED) is 0.850. The maximum Gasteiger partial charge on any atom is 0.328 e. The van der Waals surface area contributed by atoms with E-state index in [0.29, 0.717) is 0 Å². The molecule has 2 rings (SSSR count). The lowest BCUT2D eigenvalue weighted by atomic mass is 10.2. The van der Waals surface area contributed by atoms with Crippen molar-refractivity contribution >= 4 is 34.2 Å². The van der Waals surface area contributed by atoms with Crippen molar-refractivity contribution < 1.29 is 14.1 Å². The van der Waals surface area contributed by atoms with Crippen molar-refractivity contribution in [1.82, 2.24) is 4.90 Å². The van der Waals surface area contributed by atoms with Gasteiger partial charge >= 0.3 is 5.97 Å². The Morgan fingerprint density at radius 1 is 1.50 bits per heavy atom. The van der Waals surface area contributed by atoms with Gasteiger partial charge in [-0.3, -0.25) is 9.11 Å². The number of hydrogen-bond acceptors (Lipinski definition) is 4. The van der Waals surface area contributed by atoms with Crippen molar-refractivity contribution in [1.29, 1.82) is 0 Å². The zero-order valence-electron chi connectivity index (χ0n) is 9.87. The van der Waals surface area contributed by atoms with Crippen molar-refractivity contribution in [2.45, 2.75) is 6.54 Å². The maximum absolute atomic E-state index is 11.3. The van der Waals surface area contributed by atoms with Crippen molar-refractivity contribution in [2.24, 2.45) is 0 Å². The average Bonchev–Trinajstić information content (AvgIpc) is 2.77. The third-order valence-corrected chi connectivity index (χ3v) is 5.02. The molecule has 0 aliphatic carbocycles. The first-order valence-corrected chi connectivity index (χ1v) is 8.06. The Balaban J connectivity index is 1.99. The number of carboxylic acids is 1. The third-order valence-electron chi connectivity index (χ3n) is 2.82. The molecule has 0 bridgehead atoms. The van der Waals surface area contributed by atoms with Gasteiger partial charge in [0.1, 0.15) is 0 Å². The molecule has 1 fully saturated rings. The van der Waals surface area contributed by atoms with Gasteiger partial charge in [-0.15, -0.1) is 11.3 Å². The van der Waals surface area contributed by atoms with E-state index in [1.54, 1.807) is 17.4 Å². The average molecular weight is 285 g/mol. The summed E-state index contributed by atoms with van der Waals surface area (Å²) >= 11 is 1.63. The Hall–Kier alpha value is -0.980. The zero-order chi connectivity index (χ0) is 13.0. The summed E-state index contributed by atoms with van der Waals surface area (Å²) in [5.41, 5.74) is 0.967. The van der Waals surface area contributed by atoms with E-state index in [1.165, 1.54) is 4.88 Å². The zero-order valence-corrected chi connectivity index (χ0v) is 11.5. The molecule has 2 heterocycles. The lowest BCUT2D eigenvalue weighted by molar-refractivity contribution is -0.131. The minimum absolute atomic E-state index is 0.654. The van der Waals surface area contributed by atoms with Crippen LogP contribution in [-0.4, -0.2) is 44.8 Å². The second-order valence-electron chi connectivity index (χ2n) is 4.09. The SMILES string of the molecule is O=C(O)C=Cc1ccsc1CN1CCS(=O)CC1. The smallest absolute Gasteiger partial charge is 0.328 e. The highest BCUT2D eigenvalue weighted by Crippen LogP contribution is 2.21. The molecule has 0 saturated carbocycles. The number of aliphatic carboxylic acids is 1. The number of thiophene rings is 1. The topological polar surface area (TPSA) is 57.6 Å². The van der Waals surface area contributed by atoms with Crippen LogP contribution in [0, 0.1) is 0 Å². The molecule has 1 aromatic heterocycles. The van der Waals surface area contributed by atoms with E-state index in [4.69, 9.17) is 5.11 Å². The largest absolute Gasteiger partial charge is 0.478 e. The predicted molar refractivity (Wildman–Crippen MR) is 74.1 cm³/mol. The summed E-state index contributed by atoms with van der Waals surface area (Å²) in [4.78, 5) is 13.9. The Morgan fingerprint density at radius 3 is 2.89 bits per heavy atom. The van der Waals surface area contributed by atoms with E-state index in [0.717, 1.165) is 42.8 Å². The third kappa shape index (κ3) is 3.76. The molecule has 0 unspecified atom stereocenters. The molecule has 98 valence electrons. The second kappa shape index (κ2) is 6.26. The molecule has 1 saturated heterocycles. The molecule has 1 aliphatic rings. The van der Waals surface area contributed by atoms with Crippen molar-refractivity contribution in [3.8, 4) is 0 Å². The van der Waals surface area contributed by atoms with Crippen molar-refractivity contribution in [3.05, 3.63) is 28.0 Å². The molecular weight excluding hydrogens is 270 g/mol. The van der Waals surface area contributed by atoms with Crippen LogP contribution in [0.3, 0.4) is 0 Å². The van der Waals surface area contributed by atoms with Crippen LogP contribution >= 0.6 is 11.3 Å². The van der Waals surface area contributed by atoms with E-state index >= 15 is 0 Å². The Kier molecular flexibility index (Phi) is 4.68. The van der Waals surface area contributed by atoms with Crippen LogP contribution in [-0.2, 0) is 22.1 Å². The molecule has 1 aromatic rings. The number of carboxylic acid groups (broad SMARTS) is 1. The summed E-state index contributed by atoms with van der Waals surface area (Å²) in [6.07, 6.45) is 2.80. The lowest BCUT2D eigenvalue weighted by Gasteiger charge is -2.25. The normalized spacial score (nSPS) is 18.4. The Bertz CT molecular complexity index is 471. The van der Waals surface area contributed by atoms with Gasteiger partial charge in [-0.1, -0.05) is 0 Å². The van der Waals surface area contributed by atoms with Crippen molar-refractivity contribution in [3.63, 3.8) is 0 Å². The fourth-order valence-electron chi connectivity index (χ4n) is 1.83. The fourth-order valence-corrected chi connectivity index (χ4v) is 3.86. The van der Waals surface area contributed by atoms with Crippen LogP contribution in [0.25, 0.3) is 6.08 Å². The molecule has 0 atom stereocenters. The van der Waals surface area contributed by atoms with Crippen LogP contribution in [0.5, 0.6) is 0 Å². The summed E-state index contributed by atoms with van der Waals surface area (Å²) in [6, 6.07) is 1.93. The second-order valence-corrected chi connectivity index (χ2v) is 6.79. The molecule has 0 aromatic carbocycles. The van der Waals surface area contributed by atoms with Gasteiger partial charge in [0.15, 0.2) is 0 Å². The van der Waals surface area contributed by atoms with E-state index < -0.39 is 16.8 Å². The van der Waals surface area contributed by atoms with Crippen LogP contribution < -0.4 is 0 Å². The van der Waals surface area contributed by atoms with Gasteiger partial charge in [0.2, 0.25) is 0 Å². The molecule has 1 N–H and O–H groups in total. The van der Waals surface area contributed by atoms with Gasteiger partial charge in [0.25, 0.3) is 0 Å². The van der Waals surface area contributed by atoms with E-state index in [2.05, 4.69) is 4.90 Å². The number of hydrogen-bond donors (Lipinski definition) is 1. The highest BCUT2D eigenvalue weighted by Gasteiger charge is 2.16. The van der Waals surface area contributed by atoms with Crippen LogP contribution in [0.4, 0.5) is 0 Å². The molecule has 0 radical (unpaired) electrons. The van der Waals surface area contributed by atoms with Gasteiger partial charge in [-0.05, 0) is 23.1 Å². The van der Waals surface area contributed by atoms with Gasteiger partial charge in [-0.2, -0.15) is 0 Å². The van der Waals surface area contributed by atoms with Gasteiger partial charge in [0, 0.05) is 52.9 Å². The number of carbonyl (C=O) groups is 1. The maximum atomic E-state index is 11.3. The Morgan fingerprint density at radius 2 is 2.22 bits per heavy atom. The highest BCUT2D eigenvalue weighted by molar-refractivity contribution is 7.85. The fraction of sp³-hybridized carbons (Fsp3) is 0.417. The minimum Gasteiger partial charge on any atom is -0.478 e. The summed E-state index contributed by atoms with van der Waals surface area (Å²) < 4.78 is 11.3. The monoisotopic (exact) mass is 285 g/mol. The number of nitrogens with zero attached hydrogens (tertiary/aromatic N) is 1. The number of rotatable bonds is 4. The lowest BCUT2D eigenvalue weighted by Crippen LogP contribution is -2.37. The summed E-state index contributed by atoms with van der Waals surface area (Å²) in [7, 11) is -0.654. The van der Waals surface area contributed by atoms with Gasteiger partial charge < -0.3 is 5.11 Å². The first-order valence-electron chi connectivity index (χ1n) is 5.70. The minimum atomic E-state index is -0.930. The predicted octanol–water partition coefficient (Wildman–Crippen LogP) is 1.41. The first kappa shape index (κ1) is 13.5. The molecule has 0 spiro atoms. The molecule has 4 nitrogen and oxygen atoms in total. The van der Waals surface area contributed by atoms with E-state index in [-0.39, 0.29) is 0 Å². The van der Waals surface area contributed by atoms with Crippen molar-refractivity contribution in [2.75, 3.05) is 24.6 Å². The molecular formula is C12H15NO3S2. The summed E-state index contributed by atoms with van der Waals surface area (Å²) in [6.45, 7) is 2.52. The van der Waals surface area contributed by atoms with Crippen LogP contribution in [0.2, 0.25) is 0 Å². The molecule has 0 amide bonds. The summed E-state index contributed by atoms with van der Waals surface area (Å²) in [5, 5.41) is 10.6. The molecule has 1 aliphatic heterocycles. The van der Waals surface area contributed by atoms with Gasteiger partial charge in [0.05, 0.1) is 0 Å².